The van der Waals surface area contributed by atoms with Crippen molar-refractivity contribution in [1.82, 2.24) is 4.98 Å². The maximum Gasteiger partial charge on any atom is 0.0573 e. The molecule has 0 aliphatic carbocycles. The molecule has 19 heavy (non-hydrogen) atoms. The first kappa shape index (κ1) is 11.9. The van der Waals surface area contributed by atoms with Crippen LogP contribution in [0.1, 0.15) is 22.7 Å². The quantitative estimate of drug-likeness (QED) is 0.752. The Morgan fingerprint density at radius 1 is 0.947 bits per heavy atom. The predicted octanol–water partition coefficient (Wildman–Crippen LogP) is 3.59. The third kappa shape index (κ3) is 2.23. The standard InChI is InChI=1S/C17H16N2/c1-12-6-8-13(9-7-12)17(18)16-11-19-10-14-4-2-3-5-15(14)16/h2-11,17H,18H2,1H3. The van der Waals surface area contributed by atoms with Crippen molar-refractivity contribution < 1.29 is 0 Å². The van der Waals surface area contributed by atoms with Gasteiger partial charge in [-0.15, -0.1) is 0 Å². The third-order valence-electron chi connectivity index (χ3n) is 3.47. The monoisotopic (exact) mass is 248 g/mol. The van der Waals surface area contributed by atoms with Crippen LogP contribution in [0.3, 0.4) is 0 Å². The predicted molar refractivity (Wildman–Crippen MR) is 79.0 cm³/mol. The van der Waals surface area contributed by atoms with Crippen LogP contribution in [0, 0.1) is 6.92 Å². The van der Waals surface area contributed by atoms with Crippen LogP contribution in [0.5, 0.6) is 0 Å². The average Bonchev–Trinajstić information content (AvgIpc) is 2.47. The lowest BCUT2D eigenvalue weighted by molar-refractivity contribution is 0.873. The van der Waals surface area contributed by atoms with Crippen LogP contribution in [0.25, 0.3) is 10.8 Å². The van der Waals surface area contributed by atoms with Crippen molar-refractivity contribution in [2.75, 3.05) is 0 Å². The van der Waals surface area contributed by atoms with E-state index in [-0.39, 0.29) is 6.04 Å². The number of pyridine rings is 1. The van der Waals surface area contributed by atoms with Gasteiger partial charge in [-0.1, -0.05) is 54.1 Å². The van der Waals surface area contributed by atoms with Crippen molar-refractivity contribution in [3.8, 4) is 0 Å². The van der Waals surface area contributed by atoms with E-state index in [2.05, 4.69) is 48.3 Å². The molecule has 2 N–H and O–H groups in total. The van der Waals surface area contributed by atoms with Crippen LogP contribution in [0.2, 0.25) is 0 Å². The van der Waals surface area contributed by atoms with Gasteiger partial charge >= 0.3 is 0 Å². The molecule has 0 amide bonds. The van der Waals surface area contributed by atoms with Crippen LogP contribution in [-0.4, -0.2) is 4.98 Å². The highest BCUT2D eigenvalue weighted by molar-refractivity contribution is 5.85. The molecule has 2 aromatic carbocycles. The number of aryl methyl sites for hydroxylation is 1. The van der Waals surface area contributed by atoms with Gasteiger partial charge < -0.3 is 5.73 Å². The lowest BCUT2D eigenvalue weighted by Crippen LogP contribution is -2.12. The largest absolute Gasteiger partial charge is 0.320 e. The summed E-state index contributed by atoms with van der Waals surface area (Å²) >= 11 is 0. The second-order valence-electron chi connectivity index (χ2n) is 4.84. The highest BCUT2D eigenvalue weighted by Crippen LogP contribution is 2.26. The molecule has 2 nitrogen and oxygen atoms in total. The van der Waals surface area contributed by atoms with Gasteiger partial charge in [0.05, 0.1) is 6.04 Å². The Bertz CT molecular complexity index is 697. The van der Waals surface area contributed by atoms with Gasteiger partial charge in [-0.2, -0.15) is 0 Å². The number of aromatic nitrogens is 1. The Labute approximate surface area is 112 Å². The van der Waals surface area contributed by atoms with Crippen molar-refractivity contribution >= 4 is 10.8 Å². The first-order valence-corrected chi connectivity index (χ1v) is 6.40. The van der Waals surface area contributed by atoms with E-state index in [1.165, 1.54) is 10.9 Å². The molecule has 1 heterocycles. The lowest BCUT2D eigenvalue weighted by atomic mass is 9.96. The van der Waals surface area contributed by atoms with Crippen LogP contribution < -0.4 is 5.73 Å². The summed E-state index contributed by atoms with van der Waals surface area (Å²) in [6.45, 7) is 2.08. The molecule has 1 unspecified atom stereocenters. The molecule has 0 saturated heterocycles. The average molecular weight is 248 g/mol. The summed E-state index contributed by atoms with van der Waals surface area (Å²) < 4.78 is 0. The molecule has 0 aliphatic heterocycles. The van der Waals surface area contributed by atoms with Crippen molar-refractivity contribution in [1.29, 1.82) is 0 Å². The zero-order valence-electron chi connectivity index (χ0n) is 10.9. The summed E-state index contributed by atoms with van der Waals surface area (Å²) in [5.41, 5.74) is 9.82. The number of rotatable bonds is 2. The van der Waals surface area contributed by atoms with E-state index in [4.69, 9.17) is 5.73 Å². The molecule has 3 aromatic rings. The number of nitrogens with zero attached hydrogens (tertiary/aromatic N) is 1. The van der Waals surface area contributed by atoms with Gasteiger partial charge in [0.2, 0.25) is 0 Å². The zero-order chi connectivity index (χ0) is 13.2. The summed E-state index contributed by atoms with van der Waals surface area (Å²) in [6, 6.07) is 16.4. The van der Waals surface area contributed by atoms with E-state index in [0.717, 1.165) is 16.5 Å². The van der Waals surface area contributed by atoms with Gasteiger partial charge in [0, 0.05) is 17.8 Å². The Kier molecular flexibility index (Phi) is 3.02. The molecule has 1 atom stereocenters. The smallest absolute Gasteiger partial charge is 0.0573 e. The SMILES string of the molecule is Cc1ccc(C(N)c2cncc3ccccc23)cc1. The van der Waals surface area contributed by atoms with Crippen molar-refractivity contribution in [3.63, 3.8) is 0 Å². The maximum absolute atomic E-state index is 6.39. The van der Waals surface area contributed by atoms with E-state index in [1.807, 2.05) is 24.5 Å². The van der Waals surface area contributed by atoms with Crippen LogP contribution in [0.15, 0.2) is 60.9 Å². The number of hydrogen-bond acceptors (Lipinski definition) is 2. The van der Waals surface area contributed by atoms with Crippen molar-refractivity contribution in [2.45, 2.75) is 13.0 Å². The molecule has 2 heteroatoms. The number of nitrogens with two attached hydrogens (primary N) is 1. The fraction of sp³-hybridized carbons (Fsp3) is 0.118. The molecule has 0 saturated carbocycles. The molecule has 0 fully saturated rings. The van der Waals surface area contributed by atoms with E-state index in [0.29, 0.717) is 0 Å². The topological polar surface area (TPSA) is 38.9 Å². The first-order chi connectivity index (χ1) is 9.25. The van der Waals surface area contributed by atoms with Gasteiger partial charge in [-0.25, -0.2) is 0 Å². The lowest BCUT2D eigenvalue weighted by Gasteiger charge is -2.15. The Hall–Kier alpha value is -2.19. The third-order valence-corrected chi connectivity index (χ3v) is 3.47. The summed E-state index contributed by atoms with van der Waals surface area (Å²) in [7, 11) is 0. The summed E-state index contributed by atoms with van der Waals surface area (Å²) in [4.78, 5) is 4.30. The van der Waals surface area contributed by atoms with Crippen LogP contribution in [0.4, 0.5) is 0 Å². The molecule has 0 spiro atoms. The molecule has 0 aliphatic rings. The van der Waals surface area contributed by atoms with E-state index < -0.39 is 0 Å². The van der Waals surface area contributed by atoms with Gasteiger partial charge in [0.1, 0.15) is 0 Å². The normalized spacial score (nSPS) is 12.5. The summed E-state index contributed by atoms with van der Waals surface area (Å²) in [6.07, 6.45) is 3.74. The fourth-order valence-corrected chi connectivity index (χ4v) is 2.34. The second-order valence-corrected chi connectivity index (χ2v) is 4.84. The van der Waals surface area contributed by atoms with Gasteiger partial charge in [0.15, 0.2) is 0 Å². The van der Waals surface area contributed by atoms with E-state index in [9.17, 15) is 0 Å². The molecule has 0 radical (unpaired) electrons. The Balaban J connectivity index is 2.11. The minimum atomic E-state index is -0.140. The summed E-state index contributed by atoms with van der Waals surface area (Å²) in [5.74, 6) is 0. The van der Waals surface area contributed by atoms with E-state index >= 15 is 0 Å². The zero-order valence-corrected chi connectivity index (χ0v) is 10.9. The highest BCUT2D eigenvalue weighted by Gasteiger charge is 2.12. The second kappa shape index (κ2) is 4.82. The van der Waals surface area contributed by atoms with Gasteiger partial charge in [0.25, 0.3) is 0 Å². The maximum atomic E-state index is 6.39. The number of fused-ring (bicyclic) bond motifs is 1. The van der Waals surface area contributed by atoms with Gasteiger partial charge in [-0.3, -0.25) is 4.98 Å². The molecular formula is C17H16N2. The number of benzene rings is 2. The molecular weight excluding hydrogens is 232 g/mol. The van der Waals surface area contributed by atoms with Crippen LogP contribution >= 0.6 is 0 Å². The van der Waals surface area contributed by atoms with Gasteiger partial charge in [-0.05, 0) is 23.4 Å². The van der Waals surface area contributed by atoms with Crippen molar-refractivity contribution in [2.24, 2.45) is 5.73 Å². The highest BCUT2D eigenvalue weighted by atomic mass is 14.7. The molecule has 0 bridgehead atoms. The summed E-state index contributed by atoms with van der Waals surface area (Å²) in [5, 5.41) is 2.30. The Morgan fingerprint density at radius 3 is 2.47 bits per heavy atom. The van der Waals surface area contributed by atoms with E-state index in [1.54, 1.807) is 0 Å². The van der Waals surface area contributed by atoms with Crippen LogP contribution in [-0.2, 0) is 0 Å². The Morgan fingerprint density at radius 2 is 1.68 bits per heavy atom. The minimum Gasteiger partial charge on any atom is -0.320 e. The minimum absolute atomic E-state index is 0.140. The van der Waals surface area contributed by atoms with Crippen molar-refractivity contribution in [3.05, 3.63) is 77.6 Å². The number of hydrogen-bond donors (Lipinski definition) is 1. The molecule has 3 rings (SSSR count). The fourth-order valence-electron chi connectivity index (χ4n) is 2.34. The molecule has 1 aromatic heterocycles. The molecule has 94 valence electrons. The first-order valence-electron chi connectivity index (χ1n) is 6.40.